The van der Waals surface area contributed by atoms with Gasteiger partial charge in [-0.3, -0.25) is 14.5 Å². The molecule has 3 N–H and O–H groups in total. The molecule has 0 aromatic carbocycles. The average Bonchev–Trinajstić information content (AvgIpc) is 3.20. The summed E-state index contributed by atoms with van der Waals surface area (Å²) in [7, 11) is 0. The zero-order valence-electron chi connectivity index (χ0n) is 12.7. The SMILES string of the molecule is NCC(=O)N1CCC2(C1)NC(=O)N(CCN1CCCC1)C2=O. The van der Waals surface area contributed by atoms with Gasteiger partial charge in [-0.2, -0.15) is 0 Å². The van der Waals surface area contributed by atoms with Crippen LogP contribution in [0.15, 0.2) is 0 Å². The highest BCUT2D eigenvalue weighted by Gasteiger charge is 2.55. The van der Waals surface area contributed by atoms with Gasteiger partial charge in [0.1, 0.15) is 5.54 Å². The van der Waals surface area contributed by atoms with Gasteiger partial charge in [-0.1, -0.05) is 0 Å². The van der Waals surface area contributed by atoms with Gasteiger partial charge in [0.15, 0.2) is 0 Å². The van der Waals surface area contributed by atoms with Crippen molar-refractivity contribution in [1.82, 2.24) is 20.0 Å². The van der Waals surface area contributed by atoms with Crippen LogP contribution in [0.25, 0.3) is 0 Å². The maximum absolute atomic E-state index is 12.7. The molecule has 0 bridgehead atoms. The Kier molecular flexibility index (Phi) is 4.05. The number of imide groups is 1. The monoisotopic (exact) mass is 309 g/mol. The van der Waals surface area contributed by atoms with Crippen molar-refractivity contribution in [2.75, 3.05) is 45.8 Å². The van der Waals surface area contributed by atoms with Gasteiger partial charge in [0.05, 0.1) is 13.1 Å². The van der Waals surface area contributed by atoms with E-state index in [0.717, 1.165) is 19.6 Å². The lowest BCUT2D eigenvalue weighted by Crippen LogP contribution is -2.50. The molecule has 4 amide bonds. The highest BCUT2D eigenvalue weighted by molar-refractivity contribution is 6.07. The molecule has 1 spiro atoms. The van der Waals surface area contributed by atoms with Crippen molar-refractivity contribution in [3.63, 3.8) is 0 Å². The number of nitrogens with two attached hydrogens (primary N) is 1. The summed E-state index contributed by atoms with van der Waals surface area (Å²) in [6.45, 7) is 3.83. The third kappa shape index (κ3) is 2.56. The second kappa shape index (κ2) is 5.85. The summed E-state index contributed by atoms with van der Waals surface area (Å²) < 4.78 is 0. The molecule has 1 atom stereocenters. The molecule has 3 saturated heterocycles. The number of nitrogens with one attached hydrogen (secondary N) is 1. The number of likely N-dealkylation sites (tertiary alicyclic amines) is 2. The lowest BCUT2D eigenvalue weighted by Gasteiger charge is -2.22. The molecule has 3 heterocycles. The van der Waals surface area contributed by atoms with E-state index in [1.54, 1.807) is 4.90 Å². The first kappa shape index (κ1) is 15.2. The summed E-state index contributed by atoms with van der Waals surface area (Å²) in [5.74, 6) is -0.390. The third-order valence-corrected chi connectivity index (χ3v) is 4.88. The summed E-state index contributed by atoms with van der Waals surface area (Å²) in [5.41, 5.74) is 4.43. The van der Waals surface area contributed by atoms with Crippen LogP contribution in [0, 0.1) is 0 Å². The van der Waals surface area contributed by atoms with Crippen LogP contribution in [0.5, 0.6) is 0 Å². The fourth-order valence-electron chi connectivity index (χ4n) is 3.56. The molecule has 0 aliphatic carbocycles. The average molecular weight is 309 g/mol. The number of carbonyl (C=O) groups excluding carboxylic acids is 3. The predicted molar refractivity (Wildman–Crippen MR) is 78.9 cm³/mol. The number of urea groups is 1. The minimum Gasteiger partial charge on any atom is -0.339 e. The van der Waals surface area contributed by atoms with Gasteiger partial charge < -0.3 is 20.9 Å². The largest absolute Gasteiger partial charge is 0.339 e. The molecule has 1 unspecified atom stereocenters. The van der Waals surface area contributed by atoms with E-state index in [4.69, 9.17) is 5.73 Å². The van der Waals surface area contributed by atoms with Crippen LogP contribution in [-0.2, 0) is 9.59 Å². The number of amides is 4. The van der Waals surface area contributed by atoms with E-state index >= 15 is 0 Å². The lowest BCUT2D eigenvalue weighted by molar-refractivity contribution is -0.132. The number of hydrogen-bond acceptors (Lipinski definition) is 5. The third-order valence-electron chi connectivity index (χ3n) is 4.88. The zero-order valence-corrected chi connectivity index (χ0v) is 12.7. The van der Waals surface area contributed by atoms with Crippen LogP contribution in [0.1, 0.15) is 19.3 Å². The van der Waals surface area contributed by atoms with E-state index in [2.05, 4.69) is 10.2 Å². The van der Waals surface area contributed by atoms with E-state index in [1.165, 1.54) is 17.7 Å². The molecule has 0 saturated carbocycles. The van der Waals surface area contributed by atoms with Gasteiger partial charge >= 0.3 is 6.03 Å². The van der Waals surface area contributed by atoms with Gasteiger partial charge in [-0.15, -0.1) is 0 Å². The molecular formula is C14H23N5O3. The number of rotatable bonds is 4. The van der Waals surface area contributed by atoms with Crippen molar-refractivity contribution in [1.29, 1.82) is 0 Å². The minimum atomic E-state index is -0.938. The summed E-state index contributed by atoms with van der Waals surface area (Å²) in [6.07, 6.45) is 2.82. The molecule has 3 fully saturated rings. The second-order valence-electron chi connectivity index (χ2n) is 6.29. The van der Waals surface area contributed by atoms with E-state index in [-0.39, 0.29) is 30.9 Å². The zero-order chi connectivity index (χ0) is 15.7. The van der Waals surface area contributed by atoms with Crippen molar-refractivity contribution in [3.05, 3.63) is 0 Å². The number of carbonyl (C=O) groups is 3. The van der Waals surface area contributed by atoms with Crippen molar-refractivity contribution >= 4 is 17.8 Å². The quantitative estimate of drug-likeness (QED) is 0.620. The smallest absolute Gasteiger partial charge is 0.325 e. The Balaban J connectivity index is 1.62. The lowest BCUT2D eigenvalue weighted by atomic mass is 9.99. The van der Waals surface area contributed by atoms with Gasteiger partial charge in [-0.25, -0.2) is 4.79 Å². The summed E-state index contributed by atoms with van der Waals surface area (Å²) in [4.78, 5) is 41.6. The standard InChI is InChI=1S/C14H23N5O3/c15-9-11(20)18-6-3-14(10-18)12(21)19(13(22)16-14)8-7-17-4-1-2-5-17/h1-10,15H2,(H,16,22). The fraction of sp³-hybridized carbons (Fsp3) is 0.786. The van der Waals surface area contributed by atoms with Crippen LogP contribution in [-0.4, -0.2) is 83.9 Å². The van der Waals surface area contributed by atoms with Gasteiger partial charge in [0.2, 0.25) is 5.91 Å². The Hall–Kier alpha value is -1.67. The Morgan fingerprint density at radius 1 is 1.18 bits per heavy atom. The van der Waals surface area contributed by atoms with Crippen LogP contribution in [0.4, 0.5) is 4.79 Å². The van der Waals surface area contributed by atoms with Crippen LogP contribution < -0.4 is 11.1 Å². The molecule has 122 valence electrons. The van der Waals surface area contributed by atoms with Gasteiger partial charge in [-0.05, 0) is 32.4 Å². The molecule has 22 heavy (non-hydrogen) atoms. The van der Waals surface area contributed by atoms with E-state index in [9.17, 15) is 14.4 Å². The number of hydrogen-bond donors (Lipinski definition) is 2. The van der Waals surface area contributed by atoms with Crippen molar-refractivity contribution in [3.8, 4) is 0 Å². The normalized spacial score (nSPS) is 29.0. The summed E-state index contributed by atoms with van der Waals surface area (Å²) >= 11 is 0. The summed E-state index contributed by atoms with van der Waals surface area (Å²) in [5, 5.41) is 2.80. The van der Waals surface area contributed by atoms with Crippen LogP contribution in [0.2, 0.25) is 0 Å². The van der Waals surface area contributed by atoms with Crippen LogP contribution >= 0.6 is 0 Å². The predicted octanol–water partition coefficient (Wildman–Crippen LogP) is -1.44. The molecule has 0 aromatic rings. The van der Waals surface area contributed by atoms with E-state index in [1.807, 2.05) is 0 Å². The first-order valence-electron chi connectivity index (χ1n) is 7.90. The molecule has 3 aliphatic heterocycles. The maximum Gasteiger partial charge on any atom is 0.325 e. The Morgan fingerprint density at radius 2 is 1.91 bits per heavy atom. The van der Waals surface area contributed by atoms with Crippen molar-refractivity contribution in [2.45, 2.75) is 24.8 Å². The van der Waals surface area contributed by atoms with Gasteiger partial charge in [0.25, 0.3) is 5.91 Å². The molecule has 0 radical (unpaired) electrons. The molecule has 0 aromatic heterocycles. The first-order valence-corrected chi connectivity index (χ1v) is 7.90. The Labute approximate surface area is 129 Å². The fourth-order valence-corrected chi connectivity index (χ4v) is 3.56. The Morgan fingerprint density at radius 3 is 2.59 bits per heavy atom. The second-order valence-corrected chi connectivity index (χ2v) is 6.29. The molecular weight excluding hydrogens is 286 g/mol. The van der Waals surface area contributed by atoms with Crippen molar-refractivity contribution < 1.29 is 14.4 Å². The van der Waals surface area contributed by atoms with Gasteiger partial charge in [0, 0.05) is 19.6 Å². The summed E-state index contributed by atoms with van der Waals surface area (Å²) in [6, 6.07) is -0.341. The topological polar surface area (TPSA) is 99.0 Å². The maximum atomic E-state index is 12.7. The molecule has 3 rings (SSSR count). The Bertz CT molecular complexity index is 491. The van der Waals surface area contributed by atoms with E-state index in [0.29, 0.717) is 19.5 Å². The highest BCUT2D eigenvalue weighted by Crippen LogP contribution is 2.28. The molecule has 3 aliphatic rings. The van der Waals surface area contributed by atoms with E-state index < -0.39 is 5.54 Å². The molecule has 8 heteroatoms. The van der Waals surface area contributed by atoms with Crippen LogP contribution in [0.3, 0.4) is 0 Å². The minimum absolute atomic E-state index is 0.0725. The first-order chi connectivity index (χ1) is 10.6. The highest BCUT2D eigenvalue weighted by atomic mass is 16.2. The number of nitrogens with zero attached hydrogens (tertiary/aromatic N) is 3. The van der Waals surface area contributed by atoms with Crippen molar-refractivity contribution in [2.24, 2.45) is 5.73 Å². The molecule has 8 nitrogen and oxygen atoms in total.